The van der Waals surface area contributed by atoms with Gasteiger partial charge in [0, 0.05) is 30.4 Å². The van der Waals surface area contributed by atoms with Crippen LogP contribution in [0.1, 0.15) is 45.3 Å². The third-order valence-electron chi connectivity index (χ3n) is 6.65. The van der Waals surface area contributed by atoms with E-state index in [-0.39, 0.29) is 18.0 Å². The number of hydrogen-bond acceptors (Lipinski definition) is 6. The van der Waals surface area contributed by atoms with Crippen molar-refractivity contribution in [3.63, 3.8) is 0 Å². The van der Waals surface area contributed by atoms with Gasteiger partial charge >= 0.3 is 6.09 Å². The number of carbonyl (C=O) groups excluding carboxylic acids is 1. The summed E-state index contributed by atoms with van der Waals surface area (Å²) in [5, 5.41) is 0.776. The molecule has 1 saturated heterocycles. The number of nitrogens with two attached hydrogens (primary N) is 1. The van der Waals surface area contributed by atoms with Crippen LogP contribution in [-0.2, 0) is 4.74 Å². The van der Waals surface area contributed by atoms with E-state index in [4.69, 9.17) is 15.2 Å². The molecule has 1 atom stereocenters. The molecular formula is C29H32FN5O3. The van der Waals surface area contributed by atoms with Gasteiger partial charge in [-0.1, -0.05) is 18.2 Å². The number of hydrogen-bond donors (Lipinski definition) is 1. The van der Waals surface area contributed by atoms with Gasteiger partial charge in [0.2, 0.25) is 0 Å². The molecule has 1 amide bonds. The number of piperidine rings is 1. The van der Waals surface area contributed by atoms with Crippen LogP contribution >= 0.6 is 0 Å². The maximum Gasteiger partial charge on any atom is 0.410 e. The number of nitrogens with zero attached hydrogens (tertiary/aromatic N) is 4. The molecule has 4 aromatic rings. The number of anilines is 1. The van der Waals surface area contributed by atoms with Crippen molar-refractivity contribution in [1.29, 1.82) is 0 Å². The molecule has 1 aliphatic rings. The molecule has 2 aromatic carbocycles. The number of likely N-dealkylation sites (tertiary alicyclic amines) is 1. The SMILES string of the molecule is Cc1c(-c2ccc(Oc3cccc(F)c3)cc2)c2c(N)ncnc2n1[C@@H]1CCCN(C(=O)OC(C)(C)C)C1. The molecule has 8 nitrogen and oxygen atoms in total. The van der Waals surface area contributed by atoms with Gasteiger partial charge < -0.3 is 24.7 Å². The average molecular weight is 518 g/mol. The largest absolute Gasteiger partial charge is 0.457 e. The van der Waals surface area contributed by atoms with E-state index in [1.807, 2.05) is 52.0 Å². The smallest absolute Gasteiger partial charge is 0.410 e. The van der Waals surface area contributed by atoms with Gasteiger partial charge in [0.1, 0.15) is 40.7 Å². The topological polar surface area (TPSA) is 95.5 Å². The van der Waals surface area contributed by atoms with Crippen LogP contribution in [0.15, 0.2) is 54.9 Å². The highest BCUT2D eigenvalue weighted by Crippen LogP contribution is 2.40. The van der Waals surface area contributed by atoms with Gasteiger partial charge in [0.25, 0.3) is 0 Å². The van der Waals surface area contributed by atoms with E-state index in [9.17, 15) is 9.18 Å². The van der Waals surface area contributed by atoms with Crippen LogP contribution in [0.25, 0.3) is 22.2 Å². The zero-order chi connectivity index (χ0) is 27.0. The molecule has 2 N–H and O–H groups in total. The molecule has 1 fully saturated rings. The molecular weight excluding hydrogens is 485 g/mol. The van der Waals surface area contributed by atoms with Crippen LogP contribution in [-0.4, -0.2) is 44.2 Å². The molecule has 0 saturated carbocycles. The summed E-state index contributed by atoms with van der Waals surface area (Å²) in [5.74, 6) is 1.05. The van der Waals surface area contributed by atoms with Crippen LogP contribution in [0.3, 0.4) is 0 Å². The summed E-state index contributed by atoms with van der Waals surface area (Å²) in [6.45, 7) is 8.83. The molecule has 0 radical (unpaired) electrons. The first-order valence-electron chi connectivity index (χ1n) is 12.7. The third-order valence-corrected chi connectivity index (χ3v) is 6.65. The van der Waals surface area contributed by atoms with E-state index >= 15 is 0 Å². The molecule has 0 aliphatic carbocycles. The minimum Gasteiger partial charge on any atom is -0.457 e. The molecule has 5 rings (SSSR count). The Balaban J connectivity index is 1.49. The molecule has 1 aliphatic heterocycles. The highest BCUT2D eigenvalue weighted by Gasteiger charge is 2.31. The number of nitrogen functional groups attached to an aromatic ring is 1. The van der Waals surface area contributed by atoms with E-state index in [1.54, 1.807) is 17.0 Å². The number of halogens is 1. The summed E-state index contributed by atoms with van der Waals surface area (Å²) in [6, 6.07) is 13.6. The van der Waals surface area contributed by atoms with E-state index in [2.05, 4.69) is 14.5 Å². The Labute approximate surface area is 221 Å². The van der Waals surface area contributed by atoms with Gasteiger partial charge in [-0.2, -0.15) is 0 Å². The first-order valence-corrected chi connectivity index (χ1v) is 12.7. The monoisotopic (exact) mass is 517 g/mol. The number of benzene rings is 2. The Morgan fingerprint density at radius 2 is 1.87 bits per heavy atom. The Morgan fingerprint density at radius 3 is 2.58 bits per heavy atom. The molecule has 9 heteroatoms. The average Bonchev–Trinajstić information content (AvgIpc) is 3.16. The molecule has 2 aromatic heterocycles. The summed E-state index contributed by atoms with van der Waals surface area (Å²) in [7, 11) is 0. The minimum atomic E-state index is -0.556. The van der Waals surface area contributed by atoms with Crippen molar-refractivity contribution in [2.24, 2.45) is 0 Å². The Morgan fingerprint density at radius 1 is 1.11 bits per heavy atom. The standard InChI is InChI=1S/C29H32FN5O3/c1-18-24(19-10-12-22(13-11-19)37-23-9-5-7-20(30)15-23)25-26(31)32-17-33-27(25)35(18)21-8-6-14-34(16-21)28(36)38-29(2,3)4/h5,7,9-13,15,17,21H,6,8,14,16H2,1-4H3,(H2,31,32,33)/t21-/m1/s1. The second-order valence-corrected chi connectivity index (χ2v) is 10.6. The van der Waals surface area contributed by atoms with Crippen molar-refractivity contribution >= 4 is 22.9 Å². The van der Waals surface area contributed by atoms with Gasteiger partial charge in [-0.3, -0.25) is 0 Å². The maximum absolute atomic E-state index is 13.5. The van der Waals surface area contributed by atoms with Crippen molar-refractivity contribution in [3.05, 3.63) is 66.4 Å². The van der Waals surface area contributed by atoms with Crippen LogP contribution in [0.2, 0.25) is 0 Å². The minimum absolute atomic E-state index is 0.0115. The fraction of sp³-hybridized carbons (Fsp3) is 0.345. The van der Waals surface area contributed by atoms with Crippen LogP contribution in [0.5, 0.6) is 11.5 Å². The van der Waals surface area contributed by atoms with E-state index in [0.29, 0.717) is 30.4 Å². The second kappa shape index (κ2) is 9.96. The number of amides is 1. The molecule has 38 heavy (non-hydrogen) atoms. The van der Waals surface area contributed by atoms with E-state index in [1.165, 1.54) is 18.5 Å². The van der Waals surface area contributed by atoms with Crippen molar-refractivity contribution in [2.75, 3.05) is 18.8 Å². The number of rotatable bonds is 4. The predicted molar refractivity (Wildman–Crippen MR) is 145 cm³/mol. The maximum atomic E-state index is 13.5. The van der Waals surface area contributed by atoms with Crippen molar-refractivity contribution in [1.82, 2.24) is 19.4 Å². The summed E-state index contributed by atoms with van der Waals surface area (Å²) in [5.41, 5.74) is 9.42. The molecule has 198 valence electrons. The fourth-order valence-electron chi connectivity index (χ4n) is 5.09. The Bertz CT molecular complexity index is 1480. The van der Waals surface area contributed by atoms with E-state index in [0.717, 1.165) is 40.7 Å². The number of fused-ring (bicyclic) bond motifs is 1. The molecule has 0 unspecified atom stereocenters. The van der Waals surface area contributed by atoms with Crippen molar-refractivity contribution in [2.45, 2.75) is 52.2 Å². The summed E-state index contributed by atoms with van der Waals surface area (Å²) < 4.78 is 27.2. The zero-order valence-electron chi connectivity index (χ0n) is 22.1. The summed E-state index contributed by atoms with van der Waals surface area (Å²) in [6.07, 6.45) is 2.92. The Hall–Kier alpha value is -4.14. The third kappa shape index (κ3) is 5.14. The van der Waals surface area contributed by atoms with Gasteiger partial charge in [-0.25, -0.2) is 19.2 Å². The highest BCUT2D eigenvalue weighted by molar-refractivity contribution is 6.02. The summed E-state index contributed by atoms with van der Waals surface area (Å²) >= 11 is 0. The molecule has 0 spiro atoms. The predicted octanol–water partition coefficient (Wildman–Crippen LogP) is 6.49. The second-order valence-electron chi connectivity index (χ2n) is 10.6. The van der Waals surface area contributed by atoms with Gasteiger partial charge in [-0.15, -0.1) is 0 Å². The number of ether oxygens (including phenoxy) is 2. The van der Waals surface area contributed by atoms with Gasteiger partial charge in [-0.05, 0) is 70.4 Å². The number of carbonyl (C=O) groups is 1. The number of aromatic nitrogens is 3. The van der Waals surface area contributed by atoms with Crippen LogP contribution in [0.4, 0.5) is 15.0 Å². The van der Waals surface area contributed by atoms with Gasteiger partial charge in [0.15, 0.2) is 0 Å². The van der Waals surface area contributed by atoms with Gasteiger partial charge in [0.05, 0.1) is 11.4 Å². The molecule has 0 bridgehead atoms. The van der Waals surface area contributed by atoms with Crippen molar-refractivity contribution < 1.29 is 18.7 Å². The lowest BCUT2D eigenvalue weighted by Gasteiger charge is -2.35. The zero-order valence-corrected chi connectivity index (χ0v) is 22.1. The Kier molecular flexibility index (Phi) is 6.69. The van der Waals surface area contributed by atoms with Crippen LogP contribution in [0, 0.1) is 12.7 Å². The first-order chi connectivity index (χ1) is 18.1. The lowest BCUT2D eigenvalue weighted by atomic mass is 10.0. The fourth-order valence-corrected chi connectivity index (χ4v) is 5.09. The quantitative estimate of drug-likeness (QED) is 0.332. The first kappa shape index (κ1) is 25.5. The lowest BCUT2D eigenvalue weighted by Crippen LogP contribution is -2.43. The van der Waals surface area contributed by atoms with E-state index < -0.39 is 5.60 Å². The highest BCUT2D eigenvalue weighted by atomic mass is 19.1. The summed E-state index contributed by atoms with van der Waals surface area (Å²) in [4.78, 5) is 23.5. The van der Waals surface area contributed by atoms with Crippen LogP contribution < -0.4 is 10.5 Å². The van der Waals surface area contributed by atoms with Crippen molar-refractivity contribution in [3.8, 4) is 22.6 Å². The molecule has 3 heterocycles. The lowest BCUT2D eigenvalue weighted by molar-refractivity contribution is 0.0173. The normalized spacial score (nSPS) is 16.0.